The smallest absolute Gasteiger partial charge is 0.136 e. The predicted octanol–water partition coefficient (Wildman–Crippen LogP) is 17.3. The molecule has 0 bridgehead atoms. The second kappa shape index (κ2) is 22.8. The Balaban J connectivity index is 0.000000177. The van der Waals surface area contributed by atoms with Crippen molar-refractivity contribution in [1.29, 1.82) is 0 Å². The summed E-state index contributed by atoms with van der Waals surface area (Å²) in [6, 6.07) is 55.0. The van der Waals surface area contributed by atoms with Crippen LogP contribution in [0.3, 0.4) is 0 Å². The van der Waals surface area contributed by atoms with Gasteiger partial charge >= 0.3 is 0 Å². The third kappa shape index (κ3) is 14.4. The standard InChI is InChI=1S/C28H25NO.C19H27NSi.C16H19N.Ir/c1-18(2)19(3)21-13-14-29-26(16-21)23-10-12-27-25(15-23)24-11-9-22(17-28(24)30-27)20-7-5-4-6-8-20;1-19(2,3)13-16-12-17(15-10-8-7-9-11-15)20-14-18(16)21(4,5)6;1-16(2,3)12-13-9-10-17-15(11-13)14-7-5-4-6-8-14;/h4-19H,1-3H3;7-12,14H,13H2,1-6H3;4-11H,12H2,1-3H3;. The minimum atomic E-state index is -1.36. The fourth-order valence-electron chi connectivity index (χ4n) is 8.64. The Morgan fingerprint density at radius 2 is 1.01 bits per heavy atom. The van der Waals surface area contributed by atoms with Crippen LogP contribution < -0.4 is 5.19 Å². The van der Waals surface area contributed by atoms with Gasteiger partial charge in [0.1, 0.15) is 11.2 Å². The summed E-state index contributed by atoms with van der Waals surface area (Å²) in [6.07, 6.45) is 8.15. The zero-order valence-electron chi connectivity index (χ0n) is 42.9. The Hall–Kier alpha value is -5.78. The average molecular weight is 1110 g/mol. The van der Waals surface area contributed by atoms with E-state index >= 15 is 0 Å². The topological polar surface area (TPSA) is 51.8 Å². The molecule has 1 radical (unpaired) electrons. The molecule has 9 aromatic rings. The van der Waals surface area contributed by atoms with E-state index < -0.39 is 8.07 Å². The number of hydrogen-bond donors (Lipinski definition) is 0. The number of rotatable bonds is 9. The largest absolute Gasteiger partial charge is 0.456 e. The molecule has 0 saturated heterocycles. The van der Waals surface area contributed by atoms with Crippen LogP contribution in [0.1, 0.15) is 84.9 Å². The number of benzene rings is 5. The second-order valence-electron chi connectivity index (χ2n) is 22.1. The number of aromatic nitrogens is 3. The molecule has 357 valence electrons. The number of pyridine rings is 3. The van der Waals surface area contributed by atoms with Gasteiger partial charge in [0.05, 0.1) is 25.2 Å². The summed E-state index contributed by atoms with van der Waals surface area (Å²) in [6.45, 7) is 27.7. The first-order chi connectivity index (χ1) is 32.3. The molecule has 69 heavy (non-hydrogen) atoms. The number of hydrogen-bond acceptors (Lipinski definition) is 4. The first-order valence-corrected chi connectivity index (χ1v) is 27.8. The van der Waals surface area contributed by atoms with E-state index in [4.69, 9.17) is 9.40 Å². The molecule has 0 aliphatic carbocycles. The molecular formula is C63H71IrN3OSi. The van der Waals surface area contributed by atoms with Crippen molar-refractivity contribution in [3.05, 3.63) is 193 Å². The maximum atomic E-state index is 6.18. The molecule has 0 N–H and O–H groups in total. The SMILES string of the molecule is CC(C)(C)Cc1cc(-c2ccccc2)ncc1[Si](C)(C)C.CC(C)(C)Cc1ccnc(-c2ccccc2)c1.CC(C)C(C)c1ccnc(-c2ccc3oc4cc(-c5ccccc5)ccc4c3c2)c1.[Ir]. The number of fused-ring (bicyclic) bond motifs is 3. The first-order valence-electron chi connectivity index (χ1n) is 24.3. The van der Waals surface area contributed by atoms with E-state index in [0.717, 1.165) is 57.4 Å². The summed E-state index contributed by atoms with van der Waals surface area (Å²) in [4.78, 5) is 13.8. The van der Waals surface area contributed by atoms with Crippen molar-refractivity contribution in [2.24, 2.45) is 16.7 Å². The van der Waals surface area contributed by atoms with Crippen molar-refractivity contribution in [3.8, 4) is 44.9 Å². The van der Waals surface area contributed by atoms with Gasteiger partial charge in [-0.2, -0.15) is 0 Å². The van der Waals surface area contributed by atoms with Gasteiger partial charge in [-0.05, 0) is 129 Å². The van der Waals surface area contributed by atoms with E-state index in [-0.39, 0.29) is 20.1 Å². The normalized spacial score (nSPS) is 12.1. The van der Waals surface area contributed by atoms with E-state index in [1.807, 2.05) is 36.7 Å². The second-order valence-corrected chi connectivity index (χ2v) is 27.2. The molecule has 4 heterocycles. The molecule has 0 spiro atoms. The van der Waals surface area contributed by atoms with Gasteiger partial charge in [-0.3, -0.25) is 15.0 Å². The van der Waals surface area contributed by atoms with Crippen molar-refractivity contribution in [1.82, 2.24) is 15.0 Å². The summed E-state index contributed by atoms with van der Waals surface area (Å²) in [5, 5.41) is 3.77. The molecule has 0 fully saturated rings. The van der Waals surface area contributed by atoms with Crippen LogP contribution in [0.4, 0.5) is 0 Å². The molecule has 4 nitrogen and oxygen atoms in total. The molecule has 4 aromatic heterocycles. The van der Waals surface area contributed by atoms with Gasteiger partial charge < -0.3 is 4.42 Å². The van der Waals surface area contributed by atoms with Crippen LogP contribution in [-0.2, 0) is 32.9 Å². The summed E-state index contributed by atoms with van der Waals surface area (Å²) >= 11 is 0. The van der Waals surface area contributed by atoms with E-state index in [2.05, 4.69) is 232 Å². The van der Waals surface area contributed by atoms with Crippen molar-refractivity contribution in [2.75, 3.05) is 0 Å². The monoisotopic (exact) mass is 1110 g/mol. The molecule has 5 aromatic carbocycles. The fourth-order valence-corrected chi connectivity index (χ4v) is 10.2. The van der Waals surface area contributed by atoms with Gasteiger partial charge in [-0.1, -0.05) is 179 Å². The summed E-state index contributed by atoms with van der Waals surface area (Å²) in [5.41, 5.74) is 15.6. The molecular weight excluding hydrogens is 1040 g/mol. The summed E-state index contributed by atoms with van der Waals surface area (Å²) < 4.78 is 6.18. The van der Waals surface area contributed by atoms with E-state index in [1.54, 1.807) is 0 Å². The zero-order valence-corrected chi connectivity index (χ0v) is 46.3. The van der Waals surface area contributed by atoms with Crippen molar-refractivity contribution >= 4 is 35.2 Å². The van der Waals surface area contributed by atoms with Gasteiger partial charge in [0.15, 0.2) is 0 Å². The molecule has 0 amide bonds. The van der Waals surface area contributed by atoms with Crippen molar-refractivity contribution < 1.29 is 24.5 Å². The Labute approximate surface area is 427 Å². The van der Waals surface area contributed by atoms with Gasteiger partial charge in [-0.25, -0.2) is 0 Å². The zero-order chi connectivity index (χ0) is 48.6. The minimum absolute atomic E-state index is 0. The number of nitrogens with zero attached hydrogens (tertiary/aromatic N) is 3. The van der Waals surface area contributed by atoms with E-state index in [1.165, 1.54) is 44.1 Å². The molecule has 1 unspecified atom stereocenters. The Morgan fingerprint density at radius 3 is 1.58 bits per heavy atom. The minimum Gasteiger partial charge on any atom is -0.456 e. The maximum Gasteiger partial charge on any atom is 0.136 e. The maximum absolute atomic E-state index is 6.18. The van der Waals surface area contributed by atoms with Crippen LogP contribution in [-0.4, -0.2) is 23.0 Å². The molecule has 9 rings (SSSR count). The van der Waals surface area contributed by atoms with Crippen LogP contribution in [0.25, 0.3) is 66.8 Å². The van der Waals surface area contributed by atoms with Gasteiger partial charge in [0.2, 0.25) is 0 Å². The van der Waals surface area contributed by atoms with E-state index in [9.17, 15) is 0 Å². The Morgan fingerprint density at radius 1 is 0.478 bits per heavy atom. The van der Waals surface area contributed by atoms with Gasteiger partial charge in [0, 0.05) is 66.2 Å². The van der Waals surface area contributed by atoms with E-state index in [0.29, 0.717) is 22.7 Å². The van der Waals surface area contributed by atoms with Crippen LogP contribution in [0.15, 0.2) is 181 Å². The Bertz CT molecular complexity index is 3050. The van der Waals surface area contributed by atoms with Crippen LogP contribution in [0, 0.1) is 16.7 Å². The van der Waals surface area contributed by atoms with Gasteiger partial charge in [-0.15, -0.1) is 0 Å². The van der Waals surface area contributed by atoms with Crippen molar-refractivity contribution in [3.63, 3.8) is 0 Å². The predicted molar refractivity (Wildman–Crippen MR) is 294 cm³/mol. The van der Waals surface area contributed by atoms with Crippen LogP contribution in [0.2, 0.25) is 19.6 Å². The van der Waals surface area contributed by atoms with Gasteiger partial charge in [0.25, 0.3) is 0 Å². The molecule has 1 atom stereocenters. The third-order valence-corrected chi connectivity index (χ3v) is 14.5. The molecule has 0 aliphatic rings. The quantitative estimate of drug-likeness (QED) is 0.135. The summed E-state index contributed by atoms with van der Waals surface area (Å²) in [5.74, 6) is 1.10. The Kier molecular flexibility index (Phi) is 17.3. The fraction of sp³-hybridized carbons (Fsp3) is 0.286. The van der Waals surface area contributed by atoms with Crippen LogP contribution in [0.5, 0.6) is 0 Å². The molecule has 0 saturated carbocycles. The third-order valence-electron chi connectivity index (χ3n) is 12.4. The number of furan rings is 1. The molecule has 6 heteroatoms. The summed E-state index contributed by atoms with van der Waals surface area (Å²) in [7, 11) is -1.36. The van der Waals surface area contributed by atoms with Crippen LogP contribution >= 0.6 is 0 Å². The first kappa shape index (κ1) is 52.6. The van der Waals surface area contributed by atoms with Crippen molar-refractivity contribution in [2.45, 2.75) is 101 Å². The molecule has 0 aliphatic heterocycles. The average Bonchev–Trinajstić information content (AvgIpc) is 3.68.